The van der Waals surface area contributed by atoms with Gasteiger partial charge in [-0.2, -0.15) is 0 Å². The number of esters is 1. The van der Waals surface area contributed by atoms with Crippen LogP contribution in [0.2, 0.25) is 0 Å². The number of ether oxygens (including phenoxy) is 2. The normalized spacial score (nSPS) is 28.7. The highest BCUT2D eigenvalue weighted by molar-refractivity contribution is 5.89. The van der Waals surface area contributed by atoms with Gasteiger partial charge in [0, 0.05) is 5.56 Å². The van der Waals surface area contributed by atoms with Crippen LogP contribution in [0.15, 0.2) is 30.5 Å². The average Bonchev–Trinajstić information content (AvgIpc) is 3.16. The first-order valence-corrected chi connectivity index (χ1v) is 7.87. The van der Waals surface area contributed by atoms with Crippen molar-refractivity contribution in [1.82, 2.24) is 15.0 Å². The molecule has 1 aromatic heterocycles. The van der Waals surface area contributed by atoms with Crippen molar-refractivity contribution in [3.8, 4) is 11.3 Å². The molecular weight excluding hydrogens is 346 g/mol. The molecule has 2 aromatic rings. The first kappa shape index (κ1) is 18.4. The molecule has 0 unspecified atom stereocenters. The number of aliphatic hydroxyl groups is 4. The van der Waals surface area contributed by atoms with E-state index >= 15 is 0 Å². The number of aromatic nitrogens is 3. The Balaban J connectivity index is 1.82. The summed E-state index contributed by atoms with van der Waals surface area (Å²) in [7, 11) is 1.29. The zero-order chi connectivity index (χ0) is 18.8. The second-order valence-electron chi connectivity index (χ2n) is 5.87. The molecule has 0 aliphatic carbocycles. The van der Waals surface area contributed by atoms with Gasteiger partial charge in [0.05, 0.1) is 25.5 Å². The number of benzene rings is 1. The molecule has 0 amide bonds. The van der Waals surface area contributed by atoms with E-state index in [0.717, 1.165) is 0 Å². The third-order valence-corrected chi connectivity index (χ3v) is 4.24. The molecule has 10 nitrogen and oxygen atoms in total. The van der Waals surface area contributed by atoms with Gasteiger partial charge in [-0.25, -0.2) is 9.48 Å². The zero-order valence-corrected chi connectivity index (χ0v) is 13.8. The third kappa shape index (κ3) is 3.32. The lowest BCUT2D eigenvalue weighted by molar-refractivity contribution is -0.254. The number of hydrogen-bond acceptors (Lipinski definition) is 9. The lowest BCUT2D eigenvalue weighted by Gasteiger charge is -2.39. The summed E-state index contributed by atoms with van der Waals surface area (Å²) < 4.78 is 11.3. The summed E-state index contributed by atoms with van der Waals surface area (Å²) in [5, 5.41) is 46.9. The van der Waals surface area contributed by atoms with Gasteiger partial charge in [0.1, 0.15) is 30.1 Å². The van der Waals surface area contributed by atoms with Gasteiger partial charge in [-0.15, -0.1) is 5.10 Å². The second-order valence-corrected chi connectivity index (χ2v) is 5.87. The fourth-order valence-electron chi connectivity index (χ4n) is 2.73. The minimum absolute atomic E-state index is 0.387. The average molecular weight is 365 g/mol. The van der Waals surface area contributed by atoms with E-state index < -0.39 is 43.2 Å². The number of carbonyl (C=O) groups is 1. The van der Waals surface area contributed by atoms with E-state index in [1.165, 1.54) is 18.0 Å². The topological polar surface area (TPSA) is 147 Å². The first-order chi connectivity index (χ1) is 12.5. The van der Waals surface area contributed by atoms with Crippen LogP contribution in [0.25, 0.3) is 11.3 Å². The molecule has 1 saturated heterocycles. The van der Waals surface area contributed by atoms with Crippen LogP contribution < -0.4 is 0 Å². The van der Waals surface area contributed by atoms with E-state index in [1.54, 1.807) is 24.3 Å². The Morgan fingerprint density at radius 3 is 2.50 bits per heavy atom. The molecule has 0 radical (unpaired) electrons. The van der Waals surface area contributed by atoms with E-state index in [1.807, 2.05) is 0 Å². The van der Waals surface area contributed by atoms with Crippen molar-refractivity contribution in [2.45, 2.75) is 30.6 Å². The summed E-state index contributed by atoms with van der Waals surface area (Å²) in [6, 6.07) is 6.48. The standard InChI is InChI=1S/C16H19N3O7/c1-25-16(24)9-4-2-8(3-5-9)10-6-19(18-17-10)15-14(23)13(22)12(21)11(7-20)26-15/h2-6,11-15,20-23H,7H2,1H3/t11-,12-,13+,14-,15-/m1/s1. The van der Waals surface area contributed by atoms with E-state index in [-0.39, 0.29) is 0 Å². The van der Waals surface area contributed by atoms with E-state index in [0.29, 0.717) is 16.8 Å². The van der Waals surface area contributed by atoms with Gasteiger partial charge in [0.25, 0.3) is 0 Å². The summed E-state index contributed by atoms with van der Waals surface area (Å²) >= 11 is 0. The maximum atomic E-state index is 11.5. The minimum Gasteiger partial charge on any atom is -0.465 e. The Kier molecular flexibility index (Phi) is 5.30. The molecule has 2 heterocycles. The first-order valence-electron chi connectivity index (χ1n) is 7.87. The molecular formula is C16H19N3O7. The Morgan fingerprint density at radius 1 is 1.19 bits per heavy atom. The third-order valence-electron chi connectivity index (χ3n) is 4.24. The monoisotopic (exact) mass is 365 g/mol. The van der Waals surface area contributed by atoms with Crippen molar-refractivity contribution >= 4 is 5.97 Å². The van der Waals surface area contributed by atoms with Crippen LogP contribution in [0.3, 0.4) is 0 Å². The lowest BCUT2D eigenvalue weighted by atomic mass is 9.98. The molecule has 1 aromatic carbocycles. The van der Waals surface area contributed by atoms with Crippen molar-refractivity contribution in [2.75, 3.05) is 13.7 Å². The fourth-order valence-corrected chi connectivity index (χ4v) is 2.73. The molecule has 26 heavy (non-hydrogen) atoms. The molecule has 10 heteroatoms. The predicted octanol–water partition coefficient (Wildman–Crippen LogP) is -1.30. The Morgan fingerprint density at radius 2 is 1.88 bits per heavy atom. The van der Waals surface area contributed by atoms with Crippen molar-refractivity contribution in [3.05, 3.63) is 36.0 Å². The van der Waals surface area contributed by atoms with Gasteiger partial charge in [0.2, 0.25) is 0 Å². The van der Waals surface area contributed by atoms with Gasteiger partial charge in [-0.05, 0) is 12.1 Å². The van der Waals surface area contributed by atoms with E-state index in [2.05, 4.69) is 15.0 Å². The Hall–Kier alpha value is -2.37. The molecule has 5 atom stereocenters. The van der Waals surface area contributed by atoms with Crippen molar-refractivity contribution in [2.24, 2.45) is 0 Å². The van der Waals surface area contributed by atoms with E-state index in [9.17, 15) is 25.2 Å². The molecule has 0 spiro atoms. The molecule has 3 rings (SSSR count). The number of rotatable bonds is 4. The second kappa shape index (κ2) is 7.48. The molecule has 0 saturated carbocycles. The van der Waals surface area contributed by atoms with Gasteiger partial charge < -0.3 is 29.9 Å². The van der Waals surface area contributed by atoms with Gasteiger partial charge in [-0.1, -0.05) is 17.3 Å². The number of methoxy groups -OCH3 is 1. The molecule has 0 bridgehead atoms. The summed E-state index contributed by atoms with van der Waals surface area (Å²) in [4.78, 5) is 11.5. The summed E-state index contributed by atoms with van der Waals surface area (Å²) in [5.74, 6) is -0.457. The largest absolute Gasteiger partial charge is 0.465 e. The van der Waals surface area contributed by atoms with Crippen LogP contribution in [0, 0.1) is 0 Å². The van der Waals surface area contributed by atoms with Crippen LogP contribution in [0.5, 0.6) is 0 Å². The van der Waals surface area contributed by atoms with Gasteiger partial charge in [0.15, 0.2) is 6.23 Å². The lowest BCUT2D eigenvalue weighted by Crippen LogP contribution is -2.56. The van der Waals surface area contributed by atoms with Gasteiger partial charge >= 0.3 is 5.97 Å². The summed E-state index contributed by atoms with van der Waals surface area (Å²) in [6.45, 7) is -0.530. The van der Waals surface area contributed by atoms with Crippen LogP contribution in [0.4, 0.5) is 0 Å². The molecule has 4 N–H and O–H groups in total. The number of aliphatic hydroxyl groups excluding tert-OH is 4. The van der Waals surface area contributed by atoms with Crippen LogP contribution in [-0.2, 0) is 9.47 Å². The number of hydrogen-bond donors (Lipinski definition) is 4. The number of nitrogens with zero attached hydrogens (tertiary/aromatic N) is 3. The highest BCUT2D eigenvalue weighted by atomic mass is 16.6. The van der Waals surface area contributed by atoms with Crippen molar-refractivity contribution < 1.29 is 34.7 Å². The quantitative estimate of drug-likeness (QED) is 0.486. The van der Waals surface area contributed by atoms with Crippen molar-refractivity contribution in [1.29, 1.82) is 0 Å². The molecule has 1 fully saturated rings. The van der Waals surface area contributed by atoms with Crippen LogP contribution >= 0.6 is 0 Å². The highest BCUT2D eigenvalue weighted by Gasteiger charge is 2.44. The zero-order valence-electron chi connectivity index (χ0n) is 13.8. The van der Waals surface area contributed by atoms with Crippen LogP contribution in [-0.4, -0.2) is 79.5 Å². The smallest absolute Gasteiger partial charge is 0.337 e. The summed E-state index contributed by atoms with van der Waals surface area (Å²) in [6.07, 6.45) is -5.08. The SMILES string of the molecule is COC(=O)c1ccc(-c2cn([C@@H]3O[C@H](CO)[C@@H](O)[C@H](O)[C@H]3O)nn2)cc1. The highest BCUT2D eigenvalue weighted by Crippen LogP contribution is 2.28. The van der Waals surface area contributed by atoms with E-state index in [4.69, 9.17) is 4.74 Å². The maximum absolute atomic E-state index is 11.5. The van der Waals surface area contributed by atoms with Crippen molar-refractivity contribution in [3.63, 3.8) is 0 Å². The molecule has 140 valence electrons. The summed E-state index contributed by atoms with van der Waals surface area (Å²) in [5.41, 5.74) is 1.49. The maximum Gasteiger partial charge on any atom is 0.337 e. The number of carbonyl (C=O) groups excluding carboxylic acids is 1. The predicted molar refractivity (Wildman–Crippen MR) is 85.8 cm³/mol. The van der Waals surface area contributed by atoms with Crippen LogP contribution in [0.1, 0.15) is 16.6 Å². The van der Waals surface area contributed by atoms with Gasteiger partial charge in [-0.3, -0.25) is 0 Å². The fraction of sp³-hybridized carbons (Fsp3) is 0.438. The Labute approximate surface area is 148 Å². The Bertz CT molecular complexity index is 761. The molecule has 1 aliphatic heterocycles. The minimum atomic E-state index is -1.50. The molecule has 1 aliphatic rings.